The summed E-state index contributed by atoms with van der Waals surface area (Å²) in [6.45, 7) is 4.49. The van der Waals surface area contributed by atoms with E-state index in [-0.39, 0.29) is 0 Å². The van der Waals surface area contributed by atoms with Crippen molar-refractivity contribution in [3.63, 3.8) is 0 Å². The van der Waals surface area contributed by atoms with Gasteiger partial charge < -0.3 is 9.47 Å². The molecule has 0 heterocycles. The van der Waals surface area contributed by atoms with Crippen LogP contribution < -0.4 is 9.47 Å². The first-order valence-electron chi connectivity index (χ1n) is 6.08. The van der Waals surface area contributed by atoms with Crippen molar-refractivity contribution in [2.45, 2.75) is 31.3 Å². The van der Waals surface area contributed by atoms with Gasteiger partial charge in [0.25, 0.3) is 0 Å². The lowest BCUT2D eigenvalue weighted by atomic mass is 10.1. The fourth-order valence-electron chi connectivity index (χ4n) is 1.64. The lowest BCUT2D eigenvalue weighted by Crippen LogP contribution is -2.11. The highest BCUT2D eigenvalue weighted by atomic mass is 79.9. The molecule has 0 saturated carbocycles. The van der Waals surface area contributed by atoms with Crippen LogP contribution >= 0.6 is 31.9 Å². The van der Waals surface area contributed by atoms with Crippen LogP contribution in [0.15, 0.2) is 16.6 Å². The van der Waals surface area contributed by atoms with Crippen molar-refractivity contribution in [2.75, 3.05) is 13.2 Å². The molecule has 1 rings (SSSR count). The molecule has 1 aromatic carbocycles. The maximum atomic E-state index is 12.5. The molecule has 0 saturated heterocycles. The molecule has 0 fully saturated rings. The minimum atomic E-state index is -4.24. The van der Waals surface area contributed by atoms with Gasteiger partial charge in [-0.2, -0.15) is 13.2 Å². The van der Waals surface area contributed by atoms with Crippen molar-refractivity contribution in [3.8, 4) is 11.5 Å². The number of ether oxygens (including phenoxy) is 2. The quantitative estimate of drug-likeness (QED) is 0.556. The third kappa shape index (κ3) is 5.16. The van der Waals surface area contributed by atoms with Crippen LogP contribution in [0.25, 0.3) is 0 Å². The van der Waals surface area contributed by atoms with Gasteiger partial charge in [-0.1, -0.05) is 31.9 Å². The Morgan fingerprint density at radius 1 is 1.10 bits per heavy atom. The first-order chi connectivity index (χ1) is 9.28. The average Bonchev–Trinajstić information content (AvgIpc) is 2.30. The number of halogens is 5. The molecule has 7 heteroatoms. The highest BCUT2D eigenvalue weighted by molar-refractivity contribution is 9.11. The predicted molar refractivity (Wildman–Crippen MR) is 78.8 cm³/mol. The van der Waals surface area contributed by atoms with E-state index in [1.165, 1.54) is 0 Å². The molecule has 0 aliphatic rings. The first kappa shape index (κ1) is 17.6. The second-order valence-electron chi connectivity index (χ2n) is 3.97. The summed E-state index contributed by atoms with van der Waals surface area (Å²) in [4.78, 5) is -0.841. The monoisotopic (exact) mass is 418 g/mol. The molecule has 0 aliphatic heterocycles. The van der Waals surface area contributed by atoms with Gasteiger partial charge in [0.2, 0.25) is 0 Å². The number of benzene rings is 1. The summed E-state index contributed by atoms with van der Waals surface area (Å²) in [6.07, 6.45) is -5.19. The summed E-state index contributed by atoms with van der Waals surface area (Å²) in [5.74, 6) is 0.954. The maximum absolute atomic E-state index is 12.5. The molecular formula is C13H15Br2F3O2. The van der Waals surface area contributed by atoms with Crippen molar-refractivity contribution in [1.29, 1.82) is 0 Å². The van der Waals surface area contributed by atoms with E-state index >= 15 is 0 Å². The van der Waals surface area contributed by atoms with E-state index in [2.05, 4.69) is 31.9 Å². The number of alkyl halides is 4. The van der Waals surface area contributed by atoms with Crippen LogP contribution in [0.5, 0.6) is 11.5 Å². The van der Waals surface area contributed by atoms with Crippen LogP contribution in [0.2, 0.25) is 0 Å². The van der Waals surface area contributed by atoms with Crippen LogP contribution in [-0.2, 0) is 0 Å². The average molecular weight is 420 g/mol. The van der Waals surface area contributed by atoms with Crippen molar-refractivity contribution < 1.29 is 22.6 Å². The van der Waals surface area contributed by atoms with E-state index in [0.29, 0.717) is 34.7 Å². The van der Waals surface area contributed by atoms with Crippen molar-refractivity contribution in [1.82, 2.24) is 0 Å². The van der Waals surface area contributed by atoms with Crippen molar-refractivity contribution >= 4 is 31.9 Å². The minimum Gasteiger partial charge on any atom is -0.490 e. The largest absolute Gasteiger partial charge is 0.490 e. The van der Waals surface area contributed by atoms with Gasteiger partial charge in [0.05, 0.1) is 19.6 Å². The predicted octanol–water partition coefficient (Wildman–Crippen LogP) is 5.63. The molecule has 0 bridgehead atoms. The standard InChI is InChI=1S/C13H15Br2F3O2/c1-3-19-11-5-8(10(15)7-13(16,17)18)9(14)6-12(11)20-4-2/h5-6,10H,3-4,7H2,1-2H3. The zero-order chi connectivity index (χ0) is 15.3. The molecule has 0 spiro atoms. The lowest BCUT2D eigenvalue weighted by molar-refractivity contribution is -0.134. The maximum Gasteiger partial charge on any atom is 0.390 e. The molecule has 0 amide bonds. The highest BCUT2D eigenvalue weighted by Crippen LogP contribution is 2.43. The Balaban J connectivity index is 3.10. The fourth-order valence-corrected chi connectivity index (χ4v) is 3.29. The first-order valence-corrected chi connectivity index (χ1v) is 7.79. The molecule has 1 atom stereocenters. The van der Waals surface area contributed by atoms with Gasteiger partial charge in [-0.3, -0.25) is 0 Å². The second-order valence-corrected chi connectivity index (χ2v) is 5.93. The fraction of sp³-hybridized carbons (Fsp3) is 0.538. The van der Waals surface area contributed by atoms with Gasteiger partial charge >= 0.3 is 6.18 Å². The smallest absolute Gasteiger partial charge is 0.390 e. The summed E-state index contributed by atoms with van der Waals surface area (Å²) >= 11 is 6.35. The third-order valence-electron chi connectivity index (χ3n) is 2.41. The molecule has 0 N–H and O–H groups in total. The molecule has 0 aromatic heterocycles. The summed E-state index contributed by atoms with van der Waals surface area (Å²) in [5, 5.41) is 0. The van der Waals surface area contributed by atoms with Crippen LogP contribution in [0.3, 0.4) is 0 Å². The lowest BCUT2D eigenvalue weighted by Gasteiger charge is -2.18. The number of rotatable bonds is 6. The van der Waals surface area contributed by atoms with Crippen LogP contribution in [0.4, 0.5) is 13.2 Å². The van der Waals surface area contributed by atoms with E-state index in [1.807, 2.05) is 6.92 Å². The van der Waals surface area contributed by atoms with E-state index in [9.17, 15) is 13.2 Å². The van der Waals surface area contributed by atoms with Gasteiger partial charge in [0.15, 0.2) is 11.5 Å². The van der Waals surface area contributed by atoms with Crippen LogP contribution in [0.1, 0.15) is 30.7 Å². The highest BCUT2D eigenvalue weighted by Gasteiger charge is 2.32. The summed E-state index contributed by atoms with van der Waals surface area (Å²) in [7, 11) is 0. The minimum absolute atomic E-state index is 0.410. The topological polar surface area (TPSA) is 18.5 Å². The Hall–Kier alpha value is -0.430. The van der Waals surface area contributed by atoms with Crippen LogP contribution in [0, 0.1) is 0 Å². The van der Waals surface area contributed by atoms with E-state index in [1.54, 1.807) is 19.1 Å². The second kappa shape index (κ2) is 7.54. The number of hydrogen-bond donors (Lipinski definition) is 0. The van der Waals surface area contributed by atoms with Crippen LogP contribution in [-0.4, -0.2) is 19.4 Å². The van der Waals surface area contributed by atoms with E-state index in [4.69, 9.17) is 9.47 Å². The van der Waals surface area contributed by atoms with Gasteiger partial charge in [0, 0.05) is 9.30 Å². The molecule has 2 nitrogen and oxygen atoms in total. The molecule has 0 radical (unpaired) electrons. The Morgan fingerprint density at radius 3 is 2.05 bits per heavy atom. The molecular weight excluding hydrogens is 405 g/mol. The summed E-state index contributed by atoms with van der Waals surface area (Å²) < 4.78 is 48.8. The van der Waals surface area contributed by atoms with Crippen molar-refractivity contribution in [2.24, 2.45) is 0 Å². The number of hydrogen-bond acceptors (Lipinski definition) is 2. The molecule has 114 valence electrons. The van der Waals surface area contributed by atoms with Gasteiger partial charge in [-0.25, -0.2) is 0 Å². The zero-order valence-corrected chi connectivity index (χ0v) is 14.2. The summed E-state index contributed by atoms with van der Waals surface area (Å²) in [6, 6.07) is 3.21. The Labute approximate surface area is 132 Å². The molecule has 1 aromatic rings. The van der Waals surface area contributed by atoms with E-state index < -0.39 is 17.4 Å². The normalized spacial score (nSPS) is 13.2. The Morgan fingerprint density at radius 2 is 1.60 bits per heavy atom. The molecule has 20 heavy (non-hydrogen) atoms. The summed E-state index contributed by atoms with van der Waals surface area (Å²) in [5.41, 5.74) is 0.481. The molecule has 1 unspecified atom stereocenters. The Kier molecular flexibility index (Phi) is 6.64. The van der Waals surface area contributed by atoms with Gasteiger partial charge in [-0.05, 0) is 31.5 Å². The van der Waals surface area contributed by atoms with Crippen molar-refractivity contribution in [3.05, 3.63) is 22.2 Å². The SMILES string of the molecule is CCOc1cc(Br)c(C(Br)CC(F)(F)F)cc1OCC. The zero-order valence-electron chi connectivity index (χ0n) is 11.1. The van der Waals surface area contributed by atoms with Gasteiger partial charge in [-0.15, -0.1) is 0 Å². The van der Waals surface area contributed by atoms with Gasteiger partial charge in [0.1, 0.15) is 0 Å². The Bertz CT molecular complexity index is 450. The third-order valence-corrected chi connectivity index (χ3v) is 3.91. The van der Waals surface area contributed by atoms with E-state index in [0.717, 1.165) is 0 Å². The molecule has 0 aliphatic carbocycles.